The van der Waals surface area contributed by atoms with Crippen LogP contribution in [0.4, 0.5) is 5.82 Å². The van der Waals surface area contributed by atoms with Crippen LogP contribution in [-0.2, 0) is 4.74 Å². The van der Waals surface area contributed by atoms with Gasteiger partial charge in [-0.25, -0.2) is 9.66 Å². The molecule has 5 heteroatoms. The highest BCUT2D eigenvalue weighted by molar-refractivity contribution is 5.60. The molecule has 5 nitrogen and oxygen atoms in total. The van der Waals surface area contributed by atoms with Crippen LogP contribution in [-0.4, -0.2) is 23.4 Å². The molecule has 1 aromatic heterocycles. The first kappa shape index (κ1) is 12.4. The molecule has 0 saturated carbocycles. The van der Waals surface area contributed by atoms with Crippen LogP contribution in [0.5, 0.6) is 0 Å². The molecule has 1 aromatic carbocycles. The minimum absolute atomic E-state index is 0.113. The highest BCUT2D eigenvalue weighted by Gasteiger charge is 2.18. The van der Waals surface area contributed by atoms with Gasteiger partial charge in [0.2, 0.25) is 0 Å². The Morgan fingerprint density at radius 3 is 2.61 bits per heavy atom. The van der Waals surface area contributed by atoms with Crippen LogP contribution >= 0.6 is 0 Å². The fraction of sp³-hybridized carbons (Fsp3) is 0.308. The second kappa shape index (κ2) is 5.10. The number of benzene rings is 1. The lowest BCUT2D eigenvalue weighted by molar-refractivity contribution is 0.183. The van der Waals surface area contributed by atoms with E-state index in [4.69, 9.17) is 16.3 Å². The summed E-state index contributed by atoms with van der Waals surface area (Å²) in [6, 6.07) is 9.74. The number of anilines is 1. The monoisotopic (exact) mass is 246 g/mol. The summed E-state index contributed by atoms with van der Waals surface area (Å²) in [6.45, 7) is 2.58. The average Bonchev–Trinajstić information content (AvgIpc) is 2.68. The molecule has 2 aromatic rings. The first-order chi connectivity index (χ1) is 8.65. The van der Waals surface area contributed by atoms with Gasteiger partial charge >= 0.3 is 0 Å². The van der Waals surface area contributed by atoms with Crippen LogP contribution in [0.25, 0.3) is 11.4 Å². The summed E-state index contributed by atoms with van der Waals surface area (Å²) >= 11 is 0. The Hall–Kier alpha value is -2.01. The second-order valence-corrected chi connectivity index (χ2v) is 4.30. The fourth-order valence-electron chi connectivity index (χ4n) is 1.95. The normalized spacial score (nSPS) is 12.6. The van der Waals surface area contributed by atoms with E-state index in [0.29, 0.717) is 18.2 Å². The van der Waals surface area contributed by atoms with Crippen LogP contribution in [0.3, 0.4) is 0 Å². The lowest BCUT2D eigenvalue weighted by Crippen LogP contribution is -2.14. The standard InChI is InChI=1S/C13H18N4O/c1-9(8-18-2)11-12(14)17(15)13(16-11)10-6-4-3-5-7-10/h3-7,9H,8,14-15H2,1-2H3. The van der Waals surface area contributed by atoms with Crippen LogP contribution in [0, 0.1) is 0 Å². The van der Waals surface area contributed by atoms with Crippen molar-refractivity contribution in [2.24, 2.45) is 0 Å². The van der Waals surface area contributed by atoms with E-state index < -0.39 is 0 Å². The number of aromatic nitrogens is 2. The van der Waals surface area contributed by atoms with E-state index in [1.54, 1.807) is 7.11 Å². The third kappa shape index (κ3) is 2.17. The molecule has 0 bridgehead atoms. The molecule has 0 saturated heterocycles. The molecular weight excluding hydrogens is 228 g/mol. The van der Waals surface area contributed by atoms with Crippen molar-refractivity contribution in [3.05, 3.63) is 36.0 Å². The third-order valence-electron chi connectivity index (χ3n) is 2.89. The summed E-state index contributed by atoms with van der Waals surface area (Å²) in [5.41, 5.74) is 7.71. The van der Waals surface area contributed by atoms with Gasteiger partial charge in [0.15, 0.2) is 5.82 Å². The van der Waals surface area contributed by atoms with Crippen LogP contribution in [0.2, 0.25) is 0 Å². The first-order valence-electron chi connectivity index (χ1n) is 5.82. The van der Waals surface area contributed by atoms with Crippen molar-refractivity contribution in [3.63, 3.8) is 0 Å². The molecule has 4 N–H and O–H groups in total. The minimum Gasteiger partial charge on any atom is -0.384 e. The molecule has 2 rings (SSSR count). The van der Waals surface area contributed by atoms with Crippen molar-refractivity contribution in [2.45, 2.75) is 12.8 Å². The molecule has 0 amide bonds. The summed E-state index contributed by atoms with van der Waals surface area (Å²) < 4.78 is 6.55. The number of imidazole rings is 1. The fourth-order valence-corrected chi connectivity index (χ4v) is 1.95. The van der Waals surface area contributed by atoms with E-state index in [9.17, 15) is 0 Å². The number of nitrogens with two attached hydrogens (primary N) is 2. The van der Waals surface area contributed by atoms with E-state index in [1.807, 2.05) is 37.3 Å². The number of ether oxygens (including phenoxy) is 1. The van der Waals surface area contributed by atoms with Crippen molar-refractivity contribution < 1.29 is 4.74 Å². The molecule has 1 unspecified atom stereocenters. The van der Waals surface area contributed by atoms with Crippen molar-refractivity contribution >= 4 is 5.82 Å². The highest BCUT2D eigenvalue weighted by Crippen LogP contribution is 2.26. The van der Waals surface area contributed by atoms with Gasteiger partial charge in [-0.1, -0.05) is 37.3 Å². The third-order valence-corrected chi connectivity index (χ3v) is 2.89. The molecule has 0 radical (unpaired) electrons. The van der Waals surface area contributed by atoms with Gasteiger partial charge < -0.3 is 16.3 Å². The molecule has 1 heterocycles. The molecule has 0 aliphatic heterocycles. The van der Waals surface area contributed by atoms with Gasteiger partial charge in [0.25, 0.3) is 0 Å². The van der Waals surface area contributed by atoms with Crippen molar-refractivity contribution in [3.8, 4) is 11.4 Å². The van der Waals surface area contributed by atoms with Gasteiger partial charge in [0, 0.05) is 18.6 Å². The van der Waals surface area contributed by atoms with E-state index in [1.165, 1.54) is 4.68 Å². The van der Waals surface area contributed by atoms with E-state index >= 15 is 0 Å². The molecule has 0 fully saturated rings. The van der Waals surface area contributed by atoms with Gasteiger partial charge in [-0.15, -0.1) is 0 Å². The molecule has 0 aliphatic rings. The van der Waals surface area contributed by atoms with Crippen LogP contribution in [0.15, 0.2) is 30.3 Å². The maximum absolute atomic E-state index is 5.99. The molecule has 0 spiro atoms. The molecular formula is C13H18N4O. The van der Waals surface area contributed by atoms with Crippen molar-refractivity contribution in [1.82, 2.24) is 9.66 Å². The predicted octanol–water partition coefficient (Wildman–Crippen LogP) is 1.60. The number of nitrogen functional groups attached to an aromatic ring is 2. The lowest BCUT2D eigenvalue weighted by atomic mass is 10.1. The lowest BCUT2D eigenvalue weighted by Gasteiger charge is -2.07. The smallest absolute Gasteiger partial charge is 0.160 e. The number of hydrogen-bond donors (Lipinski definition) is 2. The van der Waals surface area contributed by atoms with E-state index in [0.717, 1.165) is 11.3 Å². The summed E-state index contributed by atoms with van der Waals surface area (Å²) in [5, 5.41) is 0. The SMILES string of the molecule is COCC(C)c1nc(-c2ccccc2)n(N)c1N. The Kier molecular flexibility index (Phi) is 3.53. The second-order valence-electron chi connectivity index (χ2n) is 4.30. The van der Waals surface area contributed by atoms with Crippen molar-refractivity contribution in [2.75, 3.05) is 25.3 Å². The van der Waals surface area contributed by atoms with Crippen LogP contribution < -0.4 is 11.6 Å². The number of rotatable bonds is 4. The van der Waals surface area contributed by atoms with Gasteiger partial charge in [-0.2, -0.15) is 0 Å². The summed E-state index contributed by atoms with van der Waals surface area (Å²) in [7, 11) is 1.66. The number of hydrogen-bond acceptors (Lipinski definition) is 4. The van der Waals surface area contributed by atoms with Crippen LogP contribution in [0.1, 0.15) is 18.5 Å². The summed E-state index contributed by atoms with van der Waals surface area (Å²) in [4.78, 5) is 4.53. The highest BCUT2D eigenvalue weighted by atomic mass is 16.5. The minimum atomic E-state index is 0.113. The Labute approximate surface area is 106 Å². The maximum Gasteiger partial charge on any atom is 0.160 e. The summed E-state index contributed by atoms with van der Waals surface area (Å²) in [6.07, 6.45) is 0. The number of methoxy groups -OCH3 is 1. The zero-order valence-corrected chi connectivity index (χ0v) is 10.6. The van der Waals surface area contributed by atoms with Gasteiger partial charge in [0.1, 0.15) is 5.82 Å². The molecule has 0 aliphatic carbocycles. The van der Waals surface area contributed by atoms with E-state index in [-0.39, 0.29) is 5.92 Å². The van der Waals surface area contributed by atoms with Crippen molar-refractivity contribution in [1.29, 1.82) is 0 Å². The first-order valence-corrected chi connectivity index (χ1v) is 5.82. The topological polar surface area (TPSA) is 79.1 Å². The molecule has 1 atom stereocenters. The van der Waals surface area contributed by atoms with Gasteiger partial charge in [-0.05, 0) is 0 Å². The Morgan fingerprint density at radius 2 is 2.00 bits per heavy atom. The Balaban J connectivity index is 2.43. The predicted molar refractivity (Wildman–Crippen MR) is 72.5 cm³/mol. The Morgan fingerprint density at radius 1 is 1.33 bits per heavy atom. The van der Waals surface area contributed by atoms with E-state index in [2.05, 4.69) is 4.98 Å². The zero-order valence-electron chi connectivity index (χ0n) is 10.6. The quantitative estimate of drug-likeness (QED) is 0.803. The molecule has 96 valence electrons. The van der Waals surface area contributed by atoms with Gasteiger partial charge in [0.05, 0.1) is 12.3 Å². The molecule has 18 heavy (non-hydrogen) atoms. The Bertz CT molecular complexity index is 521. The summed E-state index contributed by atoms with van der Waals surface area (Å²) in [5.74, 6) is 7.23. The van der Waals surface area contributed by atoms with Gasteiger partial charge in [-0.3, -0.25) is 0 Å². The maximum atomic E-state index is 5.99. The average molecular weight is 246 g/mol. The number of nitrogens with zero attached hydrogens (tertiary/aromatic N) is 2. The zero-order chi connectivity index (χ0) is 13.1. The largest absolute Gasteiger partial charge is 0.384 e.